The molecule has 1 heterocycles. The molecule has 3 aromatic rings. The molecule has 0 radical (unpaired) electrons. The van der Waals surface area contributed by atoms with Gasteiger partial charge in [-0.1, -0.05) is 30.3 Å². The molecule has 0 saturated heterocycles. The first-order valence-electron chi connectivity index (χ1n) is 8.49. The van der Waals surface area contributed by atoms with Crippen molar-refractivity contribution in [3.8, 4) is 5.75 Å². The van der Waals surface area contributed by atoms with Crippen LogP contribution in [0.5, 0.6) is 5.75 Å². The van der Waals surface area contributed by atoms with Crippen molar-refractivity contribution in [1.82, 2.24) is 0 Å². The van der Waals surface area contributed by atoms with Crippen LogP contribution in [0.25, 0.3) is 0 Å². The molecule has 2 aromatic carbocycles. The van der Waals surface area contributed by atoms with E-state index >= 15 is 0 Å². The first-order valence-corrected chi connectivity index (χ1v) is 8.49. The van der Waals surface area contributed by atoms with Crippen LogP contribution in [0.4, 0.5) is 11.6 Å². The van der Waals surface area contributed by atoms with Gasteiger partial charge in [-0.05, 0) is 35.9 Å². The lowest BCUT2D eigenvalue weighted by atomic mass is 10.2. The van der Waals surface area contributed by atoms with E-state index in [9.17, 15) is 19.7 Å². The zero-order valence-electron chi connectivity index (χ0n) is 15.1. The van der Waals surface area contributed by atoms with Gasteiger partial charge in [-0.15, -0.1) is 0 Å². The zero-order chi connectivity index (χ0) is 20.6. The van der Waals surface area contributed by atoms with Crippen molar-refractivity contribution in [3.63, 3.8) is 0 Å². The number of carbonyl (C=O) groups is 2. The van der Waals surface area contributed by atoms with E-state index in [-0.39, 0.29) is 5.76 Å². The predicted molar refractivity (Wildman–Crippen MR) is 101 cm³/mol. The van der Waals surface area contributed by atoms with Gasteiger partial charge in [0.15, 0.2) is 6.61 Å². The lowest BCUT2D eigenvalue weighted by Gasteiger charge is -2.08. The fourth-order valence-electron chi connectivity index (χ4n) is 2.31. The van der Waals surface area contributed by atoms with E-state index in [1.165, 1.54) is 0 Å². The molecule has 0 saturated carbocycles. The third kappa shape index (κ3) is 5.67. The van der Waals surface area contributed by atoms with Gasteiger partial charge in [-0.3, -0.25) is 14.9 Å². The van der Waals surface area contributed by atoms with Crippen LogP contribution in [0, 0.1) is 10.1 Å². The van der Waals surface area contributed by atoms with Gasteiger partial charge < -0.3 is 19.2 Å². The zero-order valence-corrected chi connectivity index (χ0v) is 15.1. The van der Waals surface area contributed by atoms with Gasteiger partial charge in [0.25, 0.3) is 5.91 Å². The monoisotopic (exact) mass is 396 g/mol. The molecular weight excluding hydrogens is 380 g/mol. The van der Waals surface area contributed by atoms with Crippen LogP contribution < -0.4 is 10.1 Å². The molecule has 0 atom stereocenters. The number of benzene rings is 2. The minimum absolute atomic E-state index is 0.357. The molecule has 9 heteroatoms. The van der Waals surface area contributed by atoms with Gasteiger partial charge in [0.05, 0.1) is 6.07 Å². The largest absolute Gasteiger partial charge is 0.489 e. The molecule has 0 aliphatic heterocycles. The van der Waals surface area contributed by atoms with Crippen molar-refractivity contribution in [2.75, 3.05) is 11.9 Å². The first-order chi connectivity index (χ1) is 14.0. The number of amides is 1. The van der Waals surface area contributed by atoms with Crippen molar-refractivity contribution < 1.29 is 28.4 Å². The van der Waals surface area contributed by atoms with Crippen LogP contribution in [0.15, 0.2) is 71.1 Å². The van der Waals surface area contributed by atoms with E-state index in [1.807, 2.05) is 30.3 Å². The summed E-state index contributed by atoms with van der Waals surface area (Å²) < 4.78 is 15.1. The van der Waals surface area contributed by atoms with Gasteiger partial charge in [-0.25, -0.2) is 4.79 Å². The molecule has 0 bridgehead atoms. The number of nitrogens with zero attached hydrogens (tertiary/aromatic N) is 1. The minimum atomic E-state index is -0.974. The molecule has 0 spiro atoms. The maximum atomic E-state index is 11.9. The van der Waals surface area contributed by atoms with Crippen molar-refractivity contribution in [1.29, 1.82) is 0 Å². The van der Waals surface area contributed by atoms with Crippen LogP contribution in [-0.4, -0.2) is 23.4 Å². The summed E-state index contributed by atoms with van der Waals surface area (Å²) in [6.07, 6.45) is 0. The summed E-state index contributed by atoms with van der Waals surface area (Å²) in [4.78, 5) is 33.4. The van der Waals surface area contributed by atoms with E-state index in [2.05, 4.69) is 5.32 Å². The summed E-state index contributed by atoms with van der Waals surface area (Å²) in [7, 11) is 0. The Labute approximate surface area is 165 Å². The third-order valence-corrected chi connectivity index (χ3v) is 3.69. The number of anilines is 1. The highest BCUT2D eigenvalue weighted by atomic mass is 16.7. The topological polar surface area (TPSA) is 121 Å². The molecule has 148 valence electrons. The lowest BCUT2D eigenvalue weighted by molar-refractivity contribution is -0.402. The number of furan rings is 1. The Kier molecular flexibility index (Phi) is 6.21. The number of ether oxygens (including phenoxy) is 2. The second-order valence-electron chi connectivity index (χ2n) is 5.82. The average Bonchev–Trinajstić information content (AvgIpc) is 3.23. The average molecular weight is 396 g/mol. The second-order valence-corrected chi connectivity index (χ2v) is 5.82. The Morgan fingerprint density at radius 2 is 1.72 bits per heavy atom. The molecule has 0 aliphatic rings. The van der Waals surface area contributed by atoms with Gasteiger partial charge >= 0.3 is 11.9 Å². The number of hydrogen-bond acceptors (Lipinski definition) is 7. The minimum Gasteiger partial charge on any atom is -0.489 e. The quantitative estimate of drug-likeness (QED) is 0.351. The van der Waals surface area contributed by atoms with Gasteiger partial charge in [0, 0.05) is 5.69 Å². The highest BCUT2D eigenvalue weighted by Crippen LogP contribution is 2.18. The van der Waals surface area contributed by atoms with Crippen molar-refractivity contribution in [3.05, 3.63) is 88.2 Å². The predicted octanol–water partition coefficient (Wildman–Crippen LogP) is 3.56. The van der Waals surface area contributed by atoms with E-state index < -0.39 is 29.3 Å². The van der Waals surface area contributed by atoms with Crippen molar-refractivity contribution in [2.45, 2.75) is 6.61 Å². The number of hydrogen-bond donors (Lipinski definition) is 1. The maximum Gasteiger partial charge on any atom is 0.433 e. The van der Waals surface area contributed by atoms with Crippen molar-refractivity contribution in [2.24, 2.45) is 0 Å². The smallest absolute Gasteiger partial charge is 0.433 e. The normalized spacial score (nSPS) is 10.2. The van der Waals surface area contributed by atoms with E-state index in [0.717, 1.165) is 17.7 Å². The van der Waals surface area contributed by atoms with E-state index in [4.69, 9.17) is 13.9 Å². The van der Waals surface area contributed by atoms with Crippen LogP contribution in [0.2, 0.25) is 0 Å². The second kappa shape index (κ2) is 9.18. The number of esters is 1. The summed E-state index contributed by atoms with van der Waals surface area (Å²) in [6.45, 7) is -0.146. The van der Waals surface area contributed by atoms with Gasteiger partial charge in [-0.2, -0.15) is 0 Å². The van der Waals surface area contributed by atoms with Crippen molar-refractivity contribution >= 4 is 23.4 Å². The van der Waals surface area contributed by atoms with Gasteiger partial charge in [0.1, 0.15) is 17.3 Å². The molecule has 0 aliphatic carbocycles. The lowest BCUT2D eigenvalue weighted by Crippen LogP contribution is -2.20. The number of nitrogens with one attached hydrogen (secondary N) is 1. The Balaban J connectivity index is 1.45. The molecule has 1 amide bonds. The summed E-state index contributed by atoms with van der Waals surface area (Å²) in [6, 6.07) is 18.5. The molecule has 0 fully saturated rings. The fourth-order valence-corrected chi connectivity index (χ4v) is 2.31. The first kappa shape index (κ1) is 19.6. The highest BCUT2D eigenvalue weighted by Gasteiger charge is 2.19. The van der Waals surface area contributed by atoms with Crippen LogP contribution in [-0.2, 0) is 16.1 Å². The molecule has 29 heavy (non-hydrogen) atoms. The standard InChI is InChI=1S/C20H16N2O7/c23-18(13-28-20(24)17-10-11-19(29-17)22(25)26)21-15-6-8-16(9-7-15)27-12-14-4-2-1-3-5-14/h1-11H,12-13H2,(H,21,23). The molecule has 1 N–H and O–H groups in total. The van der Waals surface area contributed by atoms with E-state index in [0.29, 0.717) is 18.0 Å². The Bertz CT molecular complexity index is 997. The SMILES string of the molecule is O=C(COC(=O)c1ccc([N+](=O)[O-])o1)Nc1ccc(OCc2ccccc2)cc1. The third-order valence-electron chi connectivity index (χ3n) is 3.69. The van der Waals surface area contributed by atoms with Crippen LogP contribution >= 0.6 is 0 Å². The highest BCUT2D eigenvalue weighted by molar-refractivity contribution is 5.94. The molecular formula is C20H16N2O7. The molecule has 0 unspecified atom stereocenters. The molecule has 1 aromatic heterocycles. The number of carbonyl (C=O) groups excluding carboxylic acids is 2. The summed E-state index contributed by atoms with van der Waals surface area (Å²) in [5.41, 5.74) is 1.53. The molecule has 3 rings (SSSR count). The van der Waals surface area contributed by atoms with Gasteiger partial charge in [0.2, 0.25) is 5.76 Å². The summed E-state index contributed by atoms with van der Waals surface area (Å²) in [5.74, 6) is -1.85. The fraction of sp³-hybridized carbons (Fsp3) is 0.100. The van der Waals surface area contributed by atoms with Crippen LogP contribution in [0.1, 0.15) is 16.1 Å². The molecule has 9 nitrogen and oxygen atoms in total. The number of rotatable bonds is 8. The summed E-state index contributed by atoms with van der Waals surface area (Å²) in [5, 5.41) is 13.1. The number of nitro groups is 1. The Morgan fingerprint density at radius 3 is 2.38 bits per heavy atom. The van der Waals surface area contributed by atoms with Crippen LogP contribution in [0.3, 0.4) is 0 Å². The van der Waals surface area contributed by atoms with E-state index in [1.54, 1.807) is 24.3 Å². The maximum absolute atomic E-state index is 11.9. The Hall–Kier alpha value is -4.14. The summed E-state index contributed by atoms with van der Waals surface area (Å²) >= 11 is 0. The Morgan fingerprint density at radius 1 is 1.00 bits per heavy atom.